The quantitative estimate of drug-likeness (QED) is 0.863. The Hall–Kier alpha value is -1.14. The molecule has 1 aliphatic rings. The molecule has 0 aromatic heterocycles. The molecule has 1 atom stereocenters. The van der Waals surface area contributed by atoms with Crippen LogP contribution in [0.15, 0.2) is 23.1 Å². The maximum Gasteiger partial charge on any atom is 0.245 e. The van der Waals surface area contributed by atoms with Crippen LogP contribution in [0.2, 0.25) is 0 Å². The summed E-state index contributed by atoms with van der Waals surface area (Å²) in [5.74, 6) is -0.393. The molecule has 1 aliphatic heterocycles. The molecule has 2 N–H and O–H groups in total. The number of rotatable bonds is 4. The molecule has 0 amide bonds. The lowest BCUT2D eigenvalue weighted by atomic mass is 10.0. The summed E-state index contributed by atoms with van der Waals surface area (Å²) in [6.45, 7) is 3.04. The fourth-order valence-corrected chi connectivity index (χ4v) is 4.10. The highest BCUT2D eigenvalue weighted by Gasteiger charge is 2.33. The first-order valence-corrected chi connectivity index (χ1v) is 7.94. The van der Waals surface area contributed by atoms with Crippen LogP contribution in [0.4, 0.5) is 10.1 Å². The monoisotopic (exact) mass is 286 g/mol. The number of nitrogens with two attached hydrogens (primary N) is 1. The third kappa shape index (κ3) is 2.90. The van der Waals surface area contributed by atoms with E-state index in [4.69, 9.17) is 5.73 Å². The molecule has 4 nitrogen and oxygen atoms in total. The summed E-state index contributed by atoms with van der Waals surface area (Å²) in [6, 6.07) is 3.70. The van der Waals surface area contributed by atoms with Crippen molar-refractivity contribution in [2.45, 2.75) is 31.1 Å². The first-order valence-electron chi connectivity index (χ1n) is 6.50. The van der Waals surface area contributed by atoms with Crippen molar-refractivity contribution < 1.29 is 12.8 Å². The second kappa shape index (κ2) is 5.46. The third-order valence-corrected chi connectivity index (χ3v) is 5.42. The van der Waals surface area contributed by atoms with Crippen LogP contribution in [0.5, 0.6) is 0 Å². The summed E-state index contributed by atoms with van der Waals surface area (Å²) >= 11 is 0. The van der Waals surface area contributed by atoms with Crippen molar-refractivity contribution in [2.24, 2.45) is 5.92 Å². The molecule has 6 heteroatoms. The summed E-state index contributed by atoms with van der Waals surface area (Å²) in [5.41, 5.74) is 5.66. The molecule has 19 heavy (non-hydrogen) atoms. The maximum atomic E-state index is 13.8. The predicted octanol–water partition coefficient (Wildman–Crippen LogP) is 2.22. The van der Waals surface area contributed by atoms with Crippen LogP contribution in [-0.4, -0.2) is 25.8 Å². The number of nitrogens with zero attached hydrogens (tertiary/aromatic N) is 1. The van der Waals surface area contributed by atoms with E-state index in [0.717, 1.165) is 25.3 Å². The third-order valence-electron chi connectivity index (χ3n) is 3.52. The van der Waals surface area contributed by atoms with Crippen molar-refractivity contribution in [3.63, 3.8) is 0 Å². The van der Waals surface area contributed by atoms with E-state index in [1.165, 1.54) is 16.4 Å². The van der Waals surface area contributed by atoms with Crippen molar-refractivity contribution in [3.8, 4) is 0 Å². The zero-order valence-electron chi connectivity index (χ0n) is 11.0. The molecule has 1 saturated heterocycles. The first kappa shape index (κ1) is 14.3. The van der Waals surface area contributed by atoms with Gasteiger partial charge in [-0.3, -0.25) is 0 Å². The Kier molecular flexibility index (Phi) is 4.10. The molecular weight excluding hydrogens is 267 g/mol. The van der Waals surface area contributed by atoms with E-state index in [-0.39, 0.29) is 10.6 Å². The Balaban J connectivity index is 2.23. The van der Waals surface area contributed by atoms with Crippen molar-refractivity contribution in [3.05, 3.63) is 24.0 Å². The Morgan fingerprint density at radius 2 is 2.21 bits per heavy atom. The zero-order chi connectivity index (χ0) is 14.0. The molecule has 0 bridgehead atoms. The average Bonchev–Trinajstić information content (AvgIpc) is 2.78. The maximum absolute atomic E-state index is 13.8. The molecule has 0 aliphatic carbocycles. The van der Waals surface area contributed by atoms with Crippen LogP contribution in [-0.2, 0) is 10.0 Å². The van der Waals surface area contributed by atoms with Gasteiger partial charge in [-0.05, 0) is 37.0 Å². The number of benzene rings is 1. The van der Waals surface area contributed by atoms with E-state index in [1.54, 1.807) is 0 Å². The van der Waals surface area contributed by atoms with Crippen molar-refractivity contribution in [1.82, 2.24) is 4.31 Å². The lowest BCUT2D eigenvalue weighted by molar-refractivity contribution is 0.440. The van der Waals surface area contributed by atoms with Crippen LogP contribution in [0.3, 0.4) is 0 Å². The minimum atomic E-state index is -3.73. The van der Waals surface area contributed by atoms with E-state index >= 15 is 0 Å². The topological polar surface area (TPSA) is 63.4 Å². The largest absolute Gasteiger partial charge is 0.399 e. The molecular formula is C13H19FN2O2S. The fraction of sp³-hybridized carbons (Fsp3) is 0.538. The lowest BCUT2D eigenvalue weighted by Gasteiger charge is -2.17. The lowest BCUT2D eigenvalue weighted by Crippen LogP contribution is -2.29. The Morgan fingerprint density at radius 1 is 1.47 bits per heavy atom. The molecule has 106 valence electrons. The molecule has 0 saturated carbocycles. The van der Waals surface area contributed by atoms with Gasteiger partial charge in [0, 0.05) is 18.8 Å². The normalized spacial score (nSPS) is 20.8. The SMILES string of the molecule is CCCC1CCN(S(=O)(=O)c2ccc(N)cc2F)C1. The fourth-order valence-electron chi connectivity index (χ4n) is 2.52. The molecule has 1 heterocycles. The first-order chi connectivity index (χ1) is 8.95. The summed E-state index contributed by atoms with van der Waals surface area (Å²) < 4.78 is 39.9. The van der Waals surface area contributed by atoms with Gasteiger partial charge in [-0.25, -0.2) is 12.8 Å². The van der Waals surface area contributed by atoms with Gasteiger partial charge in [-0.2, -0.15) is 4.31 Å². The van der Waals surface area contributed by atoms with Crippen molar-refractivity contribution >= 4 is 15.7 Å². The molecule has 1 fully saturated rings. The van der Waals surface area contributed by atoms with E-state index in [1.807, 2.05) is 0 Å². The highest BCUT2D eigenvalue weighted by molar-refractivity contribution is 7.89. The molecule has 1 unspecified atom stereocenters. The zero-order valence-corrected chi connectivity index (χ0v) is 11.8. The second-order valence-corrected chi connectivity index (χ2v) is 6.90. The summed E-state index contributed by atoms with van der Waals surface area (Å²) in [4.78, 5) is -0.279. The summed E-state index contributed by atoms with van der Waals surface area (Å²) in [6.07, 6.45) is 2.90. The number of anilines is 1. The van der Waals surface area contributed by atoms with Crippen LogP contribution < -0.4 is 5.73 Å². The van der Waals surface area contributed by atoms with Gasteiger partial charge in [0.1, 0.15) is 10.7 Å². The highest BCUT2D eigenvalue weighted by atomic mass is 32.2. The summed E-state index contributed by atoms with van der Waals surface area (Å²) in [7, 11) is -3.73. The van der Waals surface area contributed by atoms with Gasteiger partial charge in [0.15, 0.2) is 0 Å². The predicted molar refractivity (Wildman–Crippen MR) is 72.6 cm³/mol. The van der Waals surface area contributed by atoms with Gasteiger partial charge in [0.2, 0.25) is 10.0 Å². The van der Waals surface area contributed by atoms with Crippen molar-refractivity contribution in [2.75, 3.05) is 18.8 Å². The number of halogens is 1. The smallest absolute Gasteiger partial charge is 0.245 e. The van der Waals surface area contributed by atoms with Crippen LogP contribution in [0, 0.1) is 11.7 Å². The van der Waals surface area contributed by atoms with E-state index in [9.17, 15) is 12.8 Å². The van der Waals surface area contributed by atoms with E-state index in [2.05, 4.69) is 6.92 Å². The minimum Gasteiger partial charge on any atom is -0.399 e. The second-order valence-electron chi connectivity index (χ2n) is 5.00. The number of hydrogen-bond donors (Lipinski definition) is 1. The number of hydrogen-bond acceptors (Lipinski definition) is 3. The van der Waals surface area contributed by atoms with Gasteiger partial charge in [0.25, 0.3) is 0 Å². The molecule has 0 spiro atoms. The van der Waals surface area contributed by atoms with Crippen LogP contribution >= 0.6 is 0 Å². The molecule has 1 aromatic rings. The minimum absolute atomic E-state index is 0.224. The van der Waals surface area contributed by atoms with Gasteiger partial charge >= 0.3 is 0 Å². The average molecular weight is 286 g/mol. The summed E-state index contributed by atoms with van der Waals surface area (Å²) in [5, 5.41) is 0. The Labute approximate surface area is 113 Å². The molecule has 0 radical (unpaired) electrons. The number of nitrogen functional groups attached to an aromatic ring is 1. The molecule has 1 aromatic carbocycles. The van der Waals surface area contributed by atoms with Crippen molar-refractivity contribution in [1.29, 1.82) is 0 Å². The standard InChI is InChI=1S/C13H19FN2O2S/c1-2-3-10-6-7-16(9-10)19(17,18)13-5-4-11(15)8-12(13)14/h4-5,8,10H,2-3,6-7,9,15H2,1H3. The van der Waals surface area contributed by atoms with Gasteiger partial charge in [-0.15, -0.1) is 0 Å². The van der Waals surface area contributed by atoms with Gasteiger partial charge in [0.05, 0.1) is 0 Å². The van der Waals surface area contributed by atoms with Gasteiger partial charge < -0.3 is 5.73 Å². The van der Waals surface area contributed by atoms with Crippen LogP contribution in [0.25, 0.3) is 0 Å². The van der Waals surface area contributed by atoms with Gasteiger partial charge in [-0.1, -0.05) is 13.3 Å². The van der Waals surface area contributed by atoms with E-state index in [0.29, 0.717) is 19.0 Å². The highest BCUT2D eigenvalue weighted by Crippen LogP contribution is 2.28. The van der Waals surface area contributed by atoms with Crippen LogP contribution in [0.1, 0.15) is 26.2 Å². The van der Waals surface area contributed by atoms with E-state index < -0.39 is 15.8 Å². The Bertz CT molecular complexity index is 560. The Morgan fingerprint density at radius 3 is 2.84 bits per heavy atom. The number of sulfonamides is 1. The molecule has 2 rings (SSSR count).